The van der Waals surface area contributed by atoms with E-state index in [1.54, 1.807) is 36.4 Å². The highest BCUT2D eigenvalue weighted by Crippen LogP contribution is 2.43. The van der Waals surface area contributed by atoms with Crippen LogP contribution < -0.4 is 47.6 Å². The van der Waals surface area contributed by atoms with Crippen LogP contribution in [0.2, 0.25) is 0 Å². The fraction of sp³-hybridized carbons (Fsp3) is 0.514. The number of hydrogen-bond donors (Lipinski definition) is 9. The second kappa shape index (κ2) is 13.8. The number of fused-ring (bicyclic) bond motifs is 1. The van der Waals surface area contributed by atoms with Crippen LogP contribution in [0, 0.1) is 5.92 Å². The van der Waals surface area contributed by atoms with Crippen molar-refractivity contribution in [2.75, 3.05) is 32.9 Å². The molecule has 0 saturated carbocycles. The van der Waals surface area contributed by atoms with Gasteiger partial charge in [-0.3, -0.25) is 30.0 Å². The Labute approximate surface area is 300 Å². The molecule has 2 aromatic rings. The summed E-state index contributed by atoms with van der Waals surface area (Å²) in [5, 5.41) is 32.3. The standard InChI is InChI=1S/C35H47N9O8/c1-18(2)25(36)30(47)52-15-14-50-20-10-8-19(9-11-20)28(45)39-16-23-27-34(43-31(37)42-27)35(48,49)24(17-44(34)32(38)40-23)41-29(46)21-6-5-7-22-26(21)51-13-12-33(22,3)4/h5-11,18,23-25,27,48-49H,12-17,36H2,1-4H3,(H2,38,40)(H,39,45)(H,41,46)(H3,37,42,43)/p+1/t23-,24?,25-,27-,34?/m0/s1. The highest BCUT2D eigenvalue weighted by molar-refractivity contribution is 5.98. The summed E-state index contributed by atoms with van der Waals surface area (Å²) in [7, 11) is 0. The molecule has 2 amide bonds. The van der Waals surface area contributed by atoms with Crippen LogP contribution in [0.25, 0.3) is 0 Å². The van der Waals surface area contributed by atoms with Gasteiger partial charge in [-0.05, 0) is 48.1 Å². The van der Waals surface area contributed by atoms with E-state index in [0.717, 1.165) is 12.0 Å². The Bertz CT molecular complexity index is 1780. The predicted molar refractivity (Wildman–Crippen MR) is 188 cm³/mol. The van der Waals surface area contributed by atoms with Crippen molar-refractivity contribution in [2.45, 2.75) is 75.1 Å². The Morgan fingerprint density at radius 3 is 2.56 bits per heavy atom. The minimum atomic E-state index is -2.63. The van der Waals surface area contributed by atoms with Gasteiger partial charge >= 0.3 is 11.9 Å². The van der Waals surface area contributed by atoms with Gasteiger partial charge in [0, 0.05) is 17.7 Å². The molecule has 0 aliphatic carbocycles. The number of nitrogens with zero attached hydrogens (tertiary/aromatic N) is 2. The number of nitrogens with two attached hydrogens (primary N) is 3. The van der Waals surface area contributed by atoms with Crippen LogP contribution in [0.1, 0.15) is 60.4 Å². The second-order valence-electron chi connectivity index (χ2n) is 14.5. The molecule has 1 fully saturated rings. The average Bonchev–Trinajstić information content (AvgIpc) is 3.57. The van der Waals surface area contributed by atoms with E-state index < -0.39 is 53.4 Å². The molecule has 17 heteroatoms. The van der Waals surface area contributed by atoms with Crippen molar-refractivity contribution >= 4 is 29.7 Å². The molecule has 2 aromatic carbocycles. The van der Waals surface area contributed by atoms with Crippen LogP contribution in [-0.4, -0.2) is 113 Å². The normalized spacial score (nSPS) is 25.6. The summed E-state index contributed by atoms with van der Waals surface area (Å²) in [5.74, 6) is -3.22. The fourth-order valence-electron chi connectivity index (χ4n) is 7.19. The van der Waals surface area contributed by atoms with Crippen molar-refractivity contribution < 1.29 is 43.8 Å². The van der Waals surface area contributed by atoms with Gasteiger partial charge in [0.15, 0.2) is 12.0 Å². The number of aliphatic imine (C=N–C) groups is 1. The number of nitrogens with one attached hydrogen (secondary N) is 4. The number of carbonyl (C=O) groups is 3. The van der Waals surface area contributed by atoms with Crippen molar-refractivity contribution in [3.63, 3.8) is 0 Å². The Morgan fingerprint density at radius 2 is 1.85 bits per heavy atom. The maximum Gasteiger partial charge on any atom is 0.343 e. The van der Waals surface area contributed by atoms with Gasteiger partial charge in [0.2, 0.25) is 5.79 Å². The predicted octanol–water partition coefficient (Wildman–Crippen LogP) is -3.06. The fourth-order valence-corrected chi connectivity index (χ4v) is 7.19. The SMILES string of the molecule is CC(C)[C@H](N)C(=O)OCCOc1ccc(C(=O)NC[C@@H]2N=C(N)N3CC(NC(=O)c4cccc5c4OCCC5(C)C)C(O)(O)C34NC(N)=[NH+][C@@H]24)cc1. The largest absolute Gasteiger partial charge is 0.492 e. The molecular weight excluding hydrogens is 674 g/mol. The zero-order valence-corrected chi connectivity index (χ0v) is 29.6. The lowest BCUT2D eigenvalue weighted by Gasteiger charge is -2.46. The number of guanidine groups is 2. The van der Waals surface area contributed by atoms with Crippen LogP contribution in [0.5, 0.6) is 11.5 Å². The van der Waals surface area contributed by atoms with Crippen LogP contribution in [0.4, 0.5) is 0 Å². The maximum atomic E-state index is 13.7. The van der Waals surface area contributed by atoms with Gasteiger partial charge in [0.05, 0.1) is 18.7 Å². The second-order valence-corrected chi connectivity index (χ2v) is 14.5. The molecule has 4 heterocycles. The summed E-state index contributed by atoms with van der Waals surface area (Å²) in [6, 6.07) is 8.03. The number of para-hydroxylation sites is 1. The van der Waals surface area contributed by atoms with Crippen molar-refractivity contribution in [3.05, 3.63) is 59.2 Å². The van der Waals surface area contributed by atoms with Gasteiger partial charge < -0.3 is 46.5 Å². The number of rotatable bonds is 11. The molecule has 2 unspecified atom stereocenters. The molecule has 52 heavy (non-hydrogen) atoms. The van der Waals surface area contributed by atoms with E-state index in [1.165, 1.54) is 4.90 Å². The highest BCUT2D eigenvalue weighted by atomic mass is 16.6. The Balaban J connectivity index is 1.11. The number of carbonyl (C=O) groups excluding carboxylic acids is 3. The molecule has 1 saturated heterocycles. The number of hydrogen-bond acceptors (Lipinski definition) is 14. The molecule has 4 aliphatic rings. The van der Waals surface area contributed by atoms with Crippen LogP contribution in [0.15, 0.2) is 47.5 Å². The molecule has 0 aromatic heterocycles. The first-order valence-corrected chi connectivity index (χ1v) is 17.3. The summed E-state index contributed by atoms with van der Waals surface area (Å²) >= 11 is 0. The smallest absolute Gasteiger partial charge is 0.343 e. The third-order valence-electron chi connectivity index (χ3n) is 10.3. The molecule has 280 valence electrons. The zero-order chi connectivity index (χ0) is 37.6. The molecular formula is C35H48N9O8+. The molecule has 1 spiro atoms. The Morgan fingerprint density at radius 1 is 1.12 bits per heavy atom. The summed E-state index contributed by atoms with van der Waals surface area (Å²) < 4.78 is 16.7. The highest BCUT2D eigenvalue weighted by Gasteiger charge is 2.76. The molecule has 4 aliphatic heterocycles. The van der Waals surface area contributed by atoms with E-state index in [2.05, 4.69) is 39.8 Å². The average molecular weight is 723 g/mol. The van der Waals surface area contributed by atoms with E-state index in [-0.39, 0.29) is 55.1 Å². The van der Waals surface area contributed by atoms with Gasteiger partial charge in [0.1, 0.15) is 42.8 Å². The van der Waals surface area contributed by atoms with Gasteiger partial charge in [-0.15, -0.1) is 0 Å². The third-order valence-corrected chi connectivity index (χ3v) is 10.3. The van der Waals surface area contributed by atoms with Crippen molar-refractivity contribution in [2.24, 2.45) is 28.1 Å². The minimum absolute atomic E-state index is 0.0236. The minimum Gasteiger partial charge on any atom is -0.492 e. The molecule has 0 radical (unpaired) electrons. The summed E-state index contributed by atoms with van der Waals surface area (Å²) in [6.45, 7) is 8.23. The van der Waals surface area contributed by atoms with Gasteiger partial charge in [0.25, 0.3) is 17.5 Å². The van der Waals surface area contributed by atoms with E-state index in [0.29, 0.717) is 23.7 Å². The first-order chi connectivity index (χ1) is 24.6. The van der Waals surface area contributed by atoms with E-state index >= 15 is 0 Å². The summed E-state index contributed by atoms with van der Waals surface area (Å²) in [6.07, 6.45) is 0.789. The number of aliphatic hydroxyl groups is 2. The lowest BCUT2D eigenvalue weighted by Crippen LogP contribution is -2.90. The lowest BCUT2D eigenvalue weighted by molar-refractivity contribution is -0.521. The zero-order valence-electron chi connectivity index (χ0n) is 29.6. The van der Waals surface area contributed by atoms with Gasteiger partial charge in [-0.2, -0.15) is 0 Å². The number of benzene rings is 2. The Hall–Kier alpha value is -5.13. The topological polar surface area (TPSA) is 263 Å². The first kappa shape index (κ1) is 36.7. The van der Waals surface area contributed by atoms with E-state index in [4.69, 9.17) is 31.4 Å². The number of esters is 1. The molecule has 17 nitrogen and oxygen atoms in total. The molecule has 6 rings (SSSR count). The van der Waals surface area contributed by atoms with Gasteiger partial charge in [-0.25, -0.2) is 10.3 Å². The summed E-state index contributed by atoms with van der Waals surface area (Å²) in [5.41, 5.74) is 17.9. The molecule has 0 bridgehead atoms. The number of amides is 2. The monoisotopic (exact) mass is 722 g/mol. The first-order valence-electron chi connectivity index (χ1n) is 17.3. The summed E-state index contributed by atoms with van der Waals surface area (Å²) in [4.78, 5) is 47.8. The van der Waals surface area contributed by atoms with Crippen molar-refractivity contribution in [3.8, 4) is 11.5 Å². The van der Waals surface area contributed by atoms with Crippen molar-refractivity contribution in [1.29, 1.82) is 0 Å². The van der Waals surface area contributed by atoms with Crippen LogP contribution >= 0.6 is 0 Å². The van der Waals surface area contributed by atoms with Crippen LogP contribution in [0.3, 0.4) is 0 Å². The quantitative estimate of drug-likeness (QED) is 0.0635. The third kappa shape index (κ3) is 6.43. The maximum absolute atomic E-state index is 13.7. The van der Waals surface area contributed by atoms with Crippen LogP contribution in [-0.2, 0) is 14.9 Å². The van der Waals surface area contributed by atoms with E-state index in [9.17, 15) is 24.6 Å². The molecule has 5 atom stereocenters. The van der Waals surface area contributed by atoms with Gasteiger partial charge in [-0.1, -0.05) is 39.8 Å². The Kier molecular flexibility index (Phi) is 9.71. The number of ether oxygens (including phenoxy) is 3. The van der Waals surface area contributed by atoms with Crippen molar-refractivity contribution in [1.82, 2.24) is 20.9 Å². The van der Waals surface area contributed by atoms with E-state index in [1.807, 2.05) is 19.9 Å². The molecule has 12 N–H and O–H groups in total. The lowest BCUT2D eigenvalue weighted by atomic mass is 9.79.